The van der Waals surface area contributed by atoms with E-state index in [9.17, 15) is 9.59 Å². The molecular formula is C17H16N2O2. The van der Waals surface area contributed by atoms with Gasteiger partial charge in [0.15, 0.2) is 0 Å². The second-order valence-corrected chi connectivity index (χ2v) is 6.85. The number of carbonyl (C=O) groups is 2. The first kappa shape index (κ1) is 11.7. The number of likely N-dealkylation sites (tertiary alicyclic amines) is 1. The summed E-state index contributed by atoms with van der Waals surface area (Å²) in [6, 6.07) is 3.75. The highest BCUT2D eigenvalue weighted by atomic mass is 16.2. The number of imide groups is 1. The number of amides is 2. The Balaban J connectivity index is 1.48. The minimum atomic E-state index is -0.0910. The second kappa shape index (κ2) is 3.62. The first-order valence-corrected chi connectivity index (χ1v) is 7.65. The number of pyridine rings is 1. The van der Waals surface area contributed by atoms with Gasteiger partial charge < -0.3 is 0 Å². The molecule has 0 radical (unpaired) electrons. The summed E-state index contributed by atoms with van der Waals surface area (Å²) >= 11 is 0. The predicted octanol–water partition coefficient (Wildman–Crippen LogP) is 1.78. The standard InChI is InChI=1S/C17H16N2O2/c20-15-13-11-3-4-12(17(11)5-6-17)14(13)16(21)19(15)9-10-2-1-7-18-8-10/h1-4,7-8,11-14H,5-6,9H2/t11?,12?,13-,14?/m0/s1. The smallest absolute Gasteiger partial charge is 0.234 e. The quantitative estimate of drug-likeness (QED) is 0.613. The normalized spacial score (nSPS) is 37.6. The molecule has 3 fully saturated rings. The van der Waals surface area contributed by atoms with Gasteiger partial charge >= 0.3 is 0 Å². The fraction of sp³-hybridized carbons (Fsp3) is 0.471. The molecule has 4 nitrogen and oxygen atoms in total. The van der Waals surface area contributed by atoms with E-state index in [1.165, 1.54) is 17.7 Å². The number of fused-ring (bicyclic) bond motifs is 3. The molecule has 3 unspecified atom stereocenters. The number of aromatic nitrogens is 1. The molecule has 1 aliphatic heterocycles. The number of hydrogen-bond donors (Lipinski definition) is 0. The molecular weight excluding hydrogens is 264 g/mol. The van der Waals surface area contributed by atoms with Crippen LogP contribution in [0.15, 0.2) is 36.7 Å². The Morgan fingerprint density at radius 3 is 2.33 bits per heavy atom. The number of rotatable bonds is 2. The minimum absolute atomic E-state index is 0.0389. The van der Waals surface area contributed by atoms with Crippen LogP contribution in [0.25, 0.3) is 0 Å². The van der Waals surface area contributed by atoms with Crippen molar-refractivity contribution in [2.24, 2.45) is 29.1 Å². The van der Waals surface area contributed by atoms with Gasteiger partial charge in [0.25, 0.3) is 0 Å². The molecule has 1 saturated heterocycles. The van der Waals surface area contributed by atoms with Crippen LogP contribution < -0.4 is 0 Å². The second-order valence-electron chi connectivity index (χ2n) is 6.85. The molecule has 4 atom stereocenters. The average molecular weight is 280 g/mol. The van der Waals surface area contributed by atoms with Gasteiger partial charge in [-0.05, 0) is 41.7 Å². The molecule has 2 bridgehead atoms. The summed E-state index contributed by atoms with van der Waals surface area (Å²) in [5.74, 6) is 0.512. The number of nitrogens with zero attached hydrogens (tertiary/aromatic N) is 2. The van der Waals surface area contributed by atoms with Gasteiger partial charge in [-0.25, -0.2) is 0 Å². The Morgan fingerprint density at radius 1 is 1.14 bits per heavy atom. The van der Waals surface area contributed by atoms with Gasteiger partial charge in [-0.15, -0.1) is 0 Å². The molecule has 5 rings (SSSR count). The van der Waals surface area contributed by atoms with Crippen LogP contribution in [0.3, 0.4) is 0 Å². The van der Waals surface area contributed by atoms with Gasteiger partial charge in [-0.3, -0.25) is 19.5 Å². The monoisotopic (exact) mass is 280 g/mol. The van der Waals surface area contributed by atoms with Crippen LogP contribution in [0.2, 0.25) is 0 Å². The summed E-state index contributed by atoms with van der Waals surface area (Å²) in [5, 5.41) is 0. The molecule has 0 aromatic carbocycles. The lowest BCUT2D eigenvalue weighted by molar-refractivity contribution is -0.141. The van der Waals surface area contributed by atoms with E-state index in [0.717, 1.165) is 5.56 Å². The fourth-order valence-electron chi connectivity index (χ4n) is 4.97. The maximum absolute atomic E-state index is 12.8. The summed E-state index contributed by atoms with van der Waals surface area (Å²) in [6.07, 6.45) is 10.2. The van der Waals surface area contributed by atoms with E-state index in [4.69, 9.17) is 0 Å². The molecule has 4 aliphatic rings. The average Bonchev–Trinajstić information content (AvgIpc) is 3.11. The van der Waals surface area contributed by atoms with Crippen LogP contribution in [0.5, 0.6) is 0 Å². The molecule has 1 aromatic heterocycles. The predicted molar refractivity (Wildman–Crippen MR) is 74.6 cm³/mol. The number of carbonyl (C=O) groups excluding carboxylic acids is 2. The summed E-state index contributed by atoms with van der Waals surface area (Å²) in [4.78, 5) is 31.0. The third-order valence-electron chi connectivity index (χ3n) is 6.01. The number of hydrogen-bond acceptors (Lipinski definition) is 3. The minimum Gasteiger partial charge on any atom is -0.278 e. The summed E-state index contributed by atoms with van der Waals surface area (Å²) in [5.41, 5.74) is 1.20. The SMILES string of the molecule is O=C1C2C3C=CC([C@@H]2C(=O)N1Cc1cccnc1)C31CC1. The van der Waals surface area contributed by atoms with Crippen molar-refractivity contribution in [3.05, 3.63) is 42.2 Å². The zero-order valence-electron chi connectivity index (χ0n) is 11.6. The first-order chi connectivity index (χ1) is 10.2. The molecule has 21 heavy (non-hydrogen) atoms. The van der Waals surface area contributed by atoms with Crippen LogP contribution in [0.1, 0.15) is 18.4 Å². The van der Waals surface area contributed by atoms with E-state index in [-0.39, 0.29) is 29.1 Å². The van der Waals surface area contributed by atoms with Crippen molar-refractivity contribution in [1.82, 2.24) is 9.88 Å². The van der Waals surface area contributed by atoms with Gasteiger partial charge in [0, 0.05) is 12.4 Å². The molecule has 4 heteroatoms. The van der Waals surface area contributed by atoms with Crippen LogP contribution >= 0.6 is 0 Å². The Bertz CT molecular complexity index is 643. The third-order valence-corrected chi connectivity index (χ3v) is 6.01. The van der Waals surface area contributed by atoms with Crippen molar-refractivity contribution in [1.29, 1.82) is 0 Å². The Morgan fingerprint density at radius 2 is 1.81 bits per heavy atom. The van der Waals surface area contributed by atoms with Crippen molar-refractivity contribution in [2.75, 3.05) is 0 Å². The van der Waals surface area contributed by atoms with Gasteiger partial charge in [-0.1, -0.05) is 18.2 Å². The summed E-state index contributed by atoms with van der Waals surface area (Å²) < 4.78 is 0. The zero-order valence-corrected chi connectivity index (χ0v) is 11.6. The van der Waals surface area contributed by atoms with Crippen molar-refractivity contribution in [2.45, 2.75) is 19.4 Å². The molecule has 2 heterocycles. The highest BCUT2D eigenvalue weighted by Gasteiger charge is 2.73. The van der Waals surface area contributed by atoms with Crippen molar-refractivity contribution in [3.63, 3.8) is 0 Å². The molecule has 106 valence electrons. The molecule has 0 N–H and O–H groups in total. The van der Waals surface area contributed by atoms with E-state index in [1.807, 2.05) is 12.1 Å². The highest BCUT2D eigenvalue weighted by Crippen LogP contribution is 2.73. The topological polar surface area (TPSA) is 50.3 Å². The van der Waals surface area contributed by atoms with Crippen molar-refractivity contribution < 1.29 is 9.59 Å². The van der Waals surface area contributed by atoms with E-state index >= 15 is 0 Å². The molecule has 3 aliphatic carbocycles. The van der Waals surface area contributed by atoms with Crippen molar-refractivity contribution in [3.8, 4) is 0 Å². The molecule has 2 saturated carbocycles. The molecule has 2 amide bonds. The Hall–Kier alpha value is -1.97. The van der Waals surface area contributed by atoms with E-state index < -0.39 is 0 Å². The lowest BCUT2D eigenvalue weighted by atomic mass is 9.85. The molecule has 1 spiro atoms. The van der Waals surface area contributed by atoms with Gasteiger partial charge in [-0.2, -0.15) is 0 Å². The highest BCUT2D eigenvalue weighted by molar-refractivity contribution is 6.06. The van der Waals surface area contributed by atoms with E-state index in [2.05, 4.69) is 17.1 Å². The van der Waals surface area contributed by atoms with Gasteiger partial charge in [0.05, 0.1) is 18.4 Å². The van der Waals surface area contributed by atoms with Crippen molar-refractivity contribution >= 4 is 11.8 Å². The maximum Gasteiger partial charge on any atom is 0.234 e. The Labute approximate surface area is 122 Å². The Kier molecular flexibility index (Phi) is 2.01. The van der Waals surface area contributed by atoms with Gasteiger partial charge in [0.2, 0.25) is 11.8 Å². The molecule has 1 aromatic rings. The van der Waals surface area contributed by atoms with Crippen LogP contribution in [0, 0.1) is 29.1 Å². The maximum atomic E-state index is 12.8. The van der Waals surface area contributed by atoms with Gasteiger partial charge in [0.1, 0.15) is 0 Å². The fourth-order valence-corrected chi connectivity index (χ4v) is 4.97. The van der Waals surface area contributed by atoms with E-state index in [1.54, 1.807) is 12.4 Å². The van der Waals surface area contributed by atoms with Crippen LogP contribution in [-0.2, 0) is 16.1 Å². The van der Waals surface area contributed by atoms with E-state index in [0.29, 0.717) is 18.4 Å². The largest absolute Gasteiger partial charge is 0.278 e. The van der Waals surface area contributed by atoms with Crippen LogP contribution in [0.4, 0.5) is 0 Å². The van der Waals surface area contributed by atoms with Crippen LogP contribution in [-0.4, -0.2) is 21.7 Å². The zero-order chi connectivity index (χ0) is 14.2. The lowest BCUT2D eigenvalue weighted by Gasteiger charge is -2.21. The summed E-state index contributed by atoms with van der Waals surface area (Å²) in [6.45, 7) is 0.366. The summed E-state index contributed by atoms with van der Waals surface area (Å²) in [7, 11) is 0. The lowest BCUT2D eigenvalue weighted by Crippen LogP contribution is -2.34. The third kappa shape index (κ3) is 1.29. The number of allylic oxidation sites excluding steroid dienone is 2. The first-order valence-electron chi connectivity index (χ1n) is 7.65.